The molecule has 1 aliphatic heterocycles. The number of rotatable bonds is 6. The van der Waals surface area contributed by atoms with E-state index >= 15 is 0 Å². The highest BCUT2D eigenvalue weighted by Gasteiger charge is 2.23. The van der Waals surface area contributed by atoms with Crippen molar-refractivity contribution in [1.82, 2.24) is 20.4 Å². The first kappa shape index (κ1) is 16.7. The number of hydrogen-bond acceptors (Lipinski definition) is 6. The molecule has 0 spiro atoms. The van der Waals surface area contributed by atoms with E-state index in [1.165, 1.54) is 12.8 Å². The topological polar surface area (TPSA) is 58.1 Å². The molecule has 1 aromatic rings. The summed E-state index contributed by atoms with van der Waals surface area (Å²) < 4.78 is 1.02. The number of carbonyl (C=O) groups excluding carboxylic acids is 1. The molecule has 1 amide bonds. The molecule has 0 unspecified atom stereocenters. The van der Waals surface area contributed by atoms with Gasteiger partial charge >= 0.3 is 0 Å². The molecule has 2 rings (SSSR count). The van der Waals surface area contributed by atoms with E-state index in [4.69, 9.17) is 0 Å². The monoisotopic (exact) mass is 328 g/mol. The molecule has 1 saturated heterocycles. The smallest absolute Gasteiger partial charge is 0.237 e. The van der Waals surface area contributed by atoms with Gasteiger partial charge in [0.2, 0.25) is 5.91 Å². The van der Waals surface area contributed by atoms with E-state index in [0.717, 1.165) is 47.5 Å². The van der Waals surface area contributed by atoms with Gasteiger partial charge in [0.25, 0.3) is 0 Å². The molecule has 21 heavy (non-hydrogen) atoms. The zero-order chi connectivity index (χ0) is 15.1. The molecular weight excluding hydrogens is 304 g/mol. The maximum Gasteiger partial charge on any atom is 0.237 e. The summed E-state index contributed by atoms with van der Waals surface area (Å²) in [5, 5.41) is 12.2. The van der Waals surface area contributed by atoms with Crippen LogP contribution in [0.1, 0.15) is 37.1 Å². The highest BCUT2D eigenvalue weighted by molar-refractivity contribution is 8.01. The number of aromatic nitrogens is 2. The van der Waals surface area contributed by atoms with Crippen LogP contribution in [0.25, 0.3) is 0 Å². The van der Waals surface area contributed by atoms with E-state index in [-0.39, 0.29) is 11.9 Å². The van der Waals surface area contributed by atoms with Gasteiger partial charge in [-0.15, -0.1) is 10.2 Å². The second-order valence-electron chi connectivity index (χ2n) is 5.43. The van der Waals surface area contributed by atoms with Gasteiger partial charge in [-0.3, -0.25) is 9.69 Å². The number of thioether (sulfide) groups is 1. The predicted octanol–water partition coefficient (Wildman–Crippen LogP) is 2.32. The fourth-order valence-electron chi connectivity index (χ4n) is 2.48. The number of likely N-dealkylation sites (N-methyl/N-ethyl adjacent to an activating group) is 1. The van der Waals surface area contributed by atoms with Crippen molar-refractivity contribution in [2.75, 3.05) is 25.9 Å². The summed E-state index contributed by atoms with van der Waals surface area (Å²) in [4.78, 5) is 14.4. The fourth-order valence-corrected chi connectivity index (χ4v) is 4.31. The Hall–Kier alpha value is -0.660. The molecule has 1 fully saturated rings. The Morgan fingerprint density at radius 2 is 2.29 bits per heavy atom. The molecule has 5 nitrogen and oxygen atoms in total. The van der Waals surface area contributed by atoms with Crippen LogP contribution in [0.2, 0.25) is 0 Å². The quantitative estimate of drug-likeness (QED) is 0.641. The van der Waals surface area contributed by atoms with E-state index < -0.39 is 0 Å². The summed E-state index contributed by atoms with van der Waals surface area (Å²) in [5.74, 6) is 1.16. The molecule has 0 radical (unpaired) electrons. The second-order valence-corrected chi connectivity index (χ2v) is 7.95. The molecule has 1 N–H and O–H groups in total. The molecule has 7 heteroatoms. The van der Waals surface area contributed by atoms with E-state index in [9.17, 15) is 4.79 Å². The van der Waals surface area contributed by atoms with Crippen molar-refractivity contribution in [2.45, 2.75) is 49.4 Å². The first-order chi connectivity index (χ1) is 10.2. The predicted molar refractivity (Wildman–Crippen MR) is 87.9 cm³/mol. The molecular formula is C14H24N4OS2. The highest BCUT2D eigenvalue weighted by Crippen LogP contribution is 2.22. The minimum absolute atomic E-state index is 0.0611. The molecule has 0 saturated carbocycles. The largest absolute Gasteiger partial charge is 0.355 e. The van der Waals surface area contributed by atoms with Crippen molar-refractivity contribution >= 4 is 29.0 Å². The summed E-state index contributed by atoms with van der Waals surface area (Å²) in [6.45, 7) is 3.74. The molecule has 2 heterocycles. The second kappa shape index (κ2) is 8.70. The van der Waals surface area contributed by atoms with Gasteiger partial charge < -0.3 is 5.32 Å². The number of carbonyl (C=O) groups is 1. The number of likely N-dealkylation sites (tertiary alicyclic amines) is 1. The maximum absolute atomic E-state index is 12.2. The Balaban J connectivity index is 1.62. The van der Waals surface area contributed by atoms with Gasteiger partial charge in [-0.2, -0.15) is 0 Å². The Labute approximate surface area is 134 Å². The van der Waals surface area contributed by atoms with Crippen LogP contribution < -0.4 is 5.32 Å². The van der Waals surface area contributed by atoms with E-state index in [2.05, 4.69) is 27.5 Å². The lowest BCUT2D eigenvalue weighted by atomic mass is 10.1. The third kappa shape index (κ3) is 5.56. The van der Waals surface area contributed by atoms with Crippen molar-refractivity contribution in [1.29, 1.82) is 0 Å². The van der Waals surface area contributed by atoms with E-state index in [1.54, 1.807) is 23.1 Å². The normalized spacial score (nSPS) is 20.2. The van der Waals surface area contributed by atoms with Crippen LogP contribution in [0.5, 0.6) is 0 Å². The van der Waals surface area contributed by atoms with Gasteiger partial charge in [-0.1, -0.05) is 35.9 Å². The molecule has 118 valence electrons. The third-order valence-corrected chi connectivity index (χ3v) is 5.73. The fraction of sp³-hybridized carbons (Fsp3) is 0.786. The van der Waals surface area contributed by atoms with Gasteiger partial charge in [0.05, 0.1) is 6.04 Å². The summed E-state index contributed by atoms with van der Waals surface area (Å²) in [7, 11) is 2.06. The third-order valence-electron chi connectivity index (χ3n) is 3.68. The van der Waals surface area contributed by atoms with Crippen molar-refractivity contribution in [2.24, 2.45) is 0 Å². The minimum atomic E-state index is 0.0611. The molecule has 0 aromatic carbocycles. The molecule has 1 aromatic heterocycles. The van der Waals surface area contributed by atoms with Gasteiger partial charge in [-0.25, -0.2) is 0 Å². The minimum Gasteiger partial charge on any atom is -0.355 e. The van der Waals surface area contributed by atoms with Crippen LogP contribution in [0.15, 0.2) is 4.34 Å². The lowest BCUT2D eigenvalue weighted by Crippen LogP contribution is -2.45. The van der Waals surface area contributed by atoms with Crippen LogP contribution in [0, 0.1) is 6.92 Å². The zero-order valence-corrected chi connectivity index (χ0v) is 14.4. The van der Waals surface area contributed by atoms with Crippen LogP contribution in [-0.4, -0.2) is 52.9 Å². The SMILES string of the molecule is Cc1nnc(SCCCNC(=O)[C@H]2CCCCCN2C)s1. The van der Waals surface area contributed by atoms with Gasteiger partial charge in [-0.05, 0) is 39.8 Å². The zero-order valence-electron chi connectivity index (χ0n) is 12.8. The molecule has 0 aliphatic carbocycles. The Morgan fingerprint density at radius 1 is 1.43 bits per heavy atom. The van der Waals surface area contributed by atoms with Crippen LogP contribution >= 0.6 is 23.1 Å². The molecule has 1 atom stereocenters. The number of amides is 1. The average Bonchev–Trinajstić information content (AvgIpc) is 2.75. The van der Waals surface area contributed by atoms with Crippen molar-refractivity contribution in [3.8, 4) is 0 Å². The summed E-state index contributed by atoms with van der Waals surface area (Å²) in [6, 6.07) is 0.0611. The van der Waals surface area contributed by atoms with Crippen LogP contribution in [0.3, 0.4) is 0 Å². The van der Waals surface area contributed by atoms with Gasteiger partial charge in [0, 0.05) is 12.3 Å². The van der Waals surface area contributed by atoms with Crippen molar-refractivity contribution in [3.05, 3.63) is 5.01 Å². The first-order valence-corrected chi connectivity index (χ1v) is 9.38. The number of hydrogen-bond donors (Lipinski definition) is 1. The maximum atomic E-state index is 12.2. The molecule has 1 aliphatic rings. The van der Waals surface area contributed by atoms with Gasteiger partial charge in [0.1, 0.15) is 5.01 Å². The Bertz CT molecular complexity index is 452. The van der Waals surface area contributed by atoms with Crippen LogP contribution in [-0.2, 0) is 4.79 Å². The van der Waals surface area contributed by atoms with Gasteiger partial charge in [0.15, 0.2) is 4.34 Å². The molecule has 0 bridgehead atoms. The summed E-state index contributed by atoms with van der Waals surface area (Å²) in [6.07, 6.45) is 5.56. The number of aryl methyl sites for hydroxylation is 1. The number of nitrogens with zero attached hydrogens (tertiary/aromatic N) is 3. The van der Waals surface area contributed by atoms with Crippen molar-refractivity contribution < 1.29 is 4.79 Å². The summed E-state index contributed by atoms with van der Waals surface area (Å²) >= 11 is 3.34. The van der Waals surface area contributed by atoms with E-state index in [1.807, 2.05) is 6.92 Å². The Morgan fingerprint density at radius 3 is 3.05 bits per heavy atom. The van der Waals surface area contributed by atoms with Crippen molar-refractivity contribution in [3.63, 3.8) is 0 Å². The average molecular weight is 329 g/mol. The van der Waals surface area contributed by atoms with E-state index in [0.29, 0.717) is 0 Å². The van der Waals surface area contributed by atoms with Crippen LogP contribution in [0.4, 0.5) is 0 Å². The summed E-state index contributed by atoms with van der Waals surface area (Å²) in [5.41, 5.74) is 0. The highest BCUT2D eigenvalue weighted by atomic mass is 32.2. The Kier molecular flexibility index (Phi) is 6.92. The number of nitrogens with one attached hydrogen (secondary N) is 1. The lowest BCUT2D eigenvalue weighted by molar-refractivity contribution is -0.126. The first-order valence-electron chi connectivity index (χ1n) is 7.57. The standard InChI is InChI=1S/C14H24N4OS2/c1-11-16-17-14(21-11)20-10-6-8-15-13(19)12-7-4-3-5-9-18(12)2/h12H,3-10H2,1-2H3,(H,15,19)/t12-/m1/s1. The lowest BCUT2D eigenvalue weighted by Gasteiger charge is -2.24.